The molecule has 4 heteroatoms. The molecule has 2 heterocycles. The molecule has 2 aromatic carbocycles. The first-order valence-corrected chi connectivity index (χ1v) is 7.95. The van der Waals surface area contributed by atoms with E-state index in [-0.39, 0.29) is 0 Å². The van der Waals surface area contributed by atoms with E-state index in [9.17, 15) is 5.11 Å². The lowest BCUT2D eigenvalue weighted by Gasteiger charge is -2.12. The Morgan fingerprint density at radius 3 is 2.48 bits per heavy atom. The van der Waals surface area contributed by atoms with Crippen molar-refractivity contribution in [1.29, 1.82) is 0 Å². The van der Waals surface area contributed by atoms with Gasteiger partial charge in [-0.2, -0.15) is 0 Å². The number of phenols is 1. The van der Waals surface area contributed by atoms with Crippen LogP contribution in [0.5, 0.6) is 11.5 Å². The molecule has 2 unspecified atom stereocenters. The van der Waals surface area contributed by atoms with Crippen LogP contribution in [-0.2, 0) is 22.3 Å². The number of phenolic OH excluding ortho intramolecular Hbond substituents is 1. The van der Waals surface area contributed by atoms with Crippen molar-refractivity contribution >= 4 is 0 Å². The molecule has 1 N–H and O–H groups in total. The zero-order valence-corrected chi connectivity index (χ0v) is 13.1. The SMILES string of the molecule is COc1ccc(-c2cc(CC3CO3)ccc2O)cc1CC1CO1. The van der Waals surface area contributed by atoms with Gasteiger partial charge in [-0.25, -0.2) is 0 Å². The monoisotopic (exact) mass is 312 g/mol. The van der Waals surface area contributed by atoms with E-state index in [0.29, 0.717) is 18.0 Å². The van der Waals surface area contributed by atoms with Gasteiger partial charge in [0.05, 0.1) is 32.5 Å². The van der Waals surface area contributed by atoms with Crippen molar-refractivity contribution in [3.8, 4) is 22.6 Å². The molecule has 2 atom stereocenters. The summed E-state index contributed by atoms with van der Waals surface area (Å²) in [6, 6.07) is 11.8. The number of epoxide rings is 2. The van der Waals surface area contributed by atoms with Gasteiger partial charge in [-0.05, 0) is 41.0 Å². The van der Waals surface area contributed by atoms with Gasteiger partial charge < -0.3 is 19.3 Å². The summed E-state index contributed by atoms with van der Waals surface area (Å²) >= 11 is 0. The Labute approximate surface area is 135 Å². The van der Waals surface area contributed by atoms with Gasteiger partial charge in [0.15, 0.2) is 0 Å². The summed E-state index contributed by atoms with van der Waals surface area (Å²) in [6.45, 7) is 1.65. The molecule has 0 saturated carbocycles. The molecule has 4 nitrogen and oxygen atoms in total. The molecular formula is C19H20O4. The molecule has 0 radical (unpaired) electrons. The predicted octanol–water partition coefficient (Wildman–Crippen LogP) is 2.95. The fourth-order valence-electron chi connectivity index (χ4n) is 2.93. The second-order valence-corrected chi connectivity index (χ2v) is 6.20. The Bertz CT molecular complexity index is 717. The number of hydrogen-bond donors (Lipinski definition) is 1. The average Bonchev–Trinajstić information content (AvgIpc) is 3.46. The van der Waals surface area contributed by atoms with Crippen LogP contribution in [0.2, 0.25) is 0 Å². The third-order valence-corrected chi connectivity index (χ3v) is 4.37. The van der Waals surface area contributed by atoms with Crippen molar-refractivity contribution in [1.82, 2.24) is 0 Å². The number of ether oxygens (including phenoxy) is 3. The maximum Gasteiger partial charge on any atom is 0.123 e. The summed E-state index contributed by atoms with van der Waals surface area (Å²) in [5, 5.41) is 10.3. The normalized spacial score (nSPS) is 22.0. The number of rotatable bonds is 6. The van der Waals surface area contributed by atoms with Gasteiger partial charge in [-0.1, -0.05) is 12.1 Å². The van der Waals surface area contributed by atoms with Gasteiger partial charge >= 0.3 is 0 Å². The molecule has 2 aromatic rings. The van der Waals surface area contributed by atoms with Gasteiger partial charge in [0.25, 0.3) is 0 Å². The highest BCUT2D eigenvalue weighted by Crippen LogP contribution is 2.35. The molecule has 0 amide bonds. The van der Waals surface area contributed by atoms with E-state index in [1.807, 2.05) is 18.2 Å². The first-order valence-electron chi connectivity index (χ1n) is 7.95. The summed E-state index contributed by atoms with van der Waals surface area (Å²) in [5.74, 6) is 1.16. The average molecular weight is 312 g/mol. The summed E-state index contributed by atoms with van der Waals surface area (Å²) < 4.78 is 16.1. The zero-order valence-electron chi connectivity index (χ0n) is 13.1. The summed E-state index contributed by atoms with van der Waals surface area (Å²) in [6.07, 6.45) is 2.37. The van der Waals surface area contributed by atoms with Crippen molar-refractivity contribution < 1.29 is 19.3 Å². The van der Waals surface area contributed by atoms with Crippen LogP contribution >= 0.6 is 0 Å². The molecule has 2 aliphatic rings. The largest absolute Gasteiger partial charge is 0.507 e. The smallest absolute Gasteiger partial charge is 0.123 e. The van der Waals surface area contributed by atoms with E-state index in [2.05, 4.69) is 12.1 Å². The van der Waals surface area contributed by atoms with Gasteiger partial charge in [-0.15, -0.1) is 0 Å². The molecule has 23 heavy (non-hydrogen) atoms. The van der Waals surface area contributed by atoms with Crippen LogP contribution in [-0.4, -0.2) is 37.6 Å². The molecule has 0 aromatic heterocycles. The molecule has 2 fully saturated rings. The Morgan fingerprint density at radius 2 is 1.78 bits per heavy atom. The van der Waals surface area contributed by atoms with Crippen LogP contribution in [0.25, 0.3) is 11.1 Å². The predicted molar refractivity (Wildman–Crippen MR) is 87.0 cm³/mol. The standard InChI is InChI=1S/C19H20O4/c1-21-19-5-3-13(8-14(19)9-16-11-23-16)17-7-12(2-4-18(17)20)6-15-10-22-15/h2-5,7-8,15-16,20H,6,9-11H2,1H3. The number of benzene rings is 2. The van der Waals surface area contributed by atoms with Crippen LogP contribution in [0, 0.1) is 0 Å². The van der Waals surface area contributed by atoms with Crippen LogP contribution in [0.4, 0.5) is 0 Å². The topological polar surface area (TPSA) is 54.5 Å². The number of aromatic hydroxyl groups is 1. The Kier molecular flexibility index (Phi) is 3.71. The van der Waals surface area contributed by atoms with Crippen molar-refractivity contribution in [2.45, 2.75) is 25.0 Å². The minimum atomic E-state index is 0.296. The molecule has 0 spiro atoms. The fraction of sp³-hybridized carbons (Fsp3) is 0.368. The van der Waals surface area contributed by atoms with E-state index in [0.717, 1.165) is 48.5 Å². The molecular weight excluding hydrogens is 292 g/mol. The number of hydrogen-bond acceptors (Lipinski definition) is 4. The summed E-state index contributed by atoms with van der Waals surface area (Å²) in [4.78, 5) is 0. The van der Waals surface area contributed by atoms with E-state index in [1.165, 1.54) is 5.56 Å². The summed E-state index contributed by atoms with van der Waals surface area (Å²) in [5.41, 5.74) is 4.15. The minimum Gasteiger partial charge on any atom is -0.507 e. The van der Waals surface area contributed by atoms with Crippen molar-refractivity contribution in [2.24, 2.45) is 0 Å². The van der Waals surface area contributed by atoms with E-state index < -0.39 is 0 Å². The van der Waals surface area contributed by atoms with Gasteiger partial charge in [-0.3, -0.25) is 0 Å². The first kappa shape index (κ1) is 14.5. The quantitative estimate of drug-likeness (QED) is 0.833. The van der Waals surface area contributed by atoms with Crippen molar-refractivity contribution in [3.05, 3.63) is 47.5 Å². The second kappa shape index (κ2) is 5.87. The van der Waals surface area contributed by atoms with Crippen LogP contribution in [0.3, 0.4) is 0 Å². The van der Waals surface area contributed by atoms with Gasteiger partial charge in [0.2, 0.25) is 0 Å². The van der Waals surface area contributed by atoms with Crippen molar-refractivity contribution in [2.75, 3.05) is 20.3 Å². The molecule has 4 rings (SSSR count). The highest BCUT2D eigenvalue weighted by molar-refractivity contribution is 5.72. The van der Waals surface area contributed by atoms with Crippen LogP contribution < -0.4 is 4.74 Å². The Hall–Kier alpha value is -2.04. The van der Waals surface area contributed by atoms with Gasteiger partial charge in [0.1, 0.15) is 11.5 Å². The Balaban J connectivity index is 1.67. The third kappa shape index (κ3) is 3.33. The molecule has 0 bridgehead atoms. The second-order valence-electron chi connectivity index (χ2n) is 6.20. The lowest BCUT2D eigenvalue weighted by Crippen LogP contribution is -1.98. The highest BCUT2D eigenvalue weighted by Gasteiger charge is 2.25. The van der Waals surface area contributed by atoms with E-state index in [1.54, 1.807) is 13.2 Å². The van der Waals surface area contributed by atoms with E-state index >= 15 is 0 Å². The van der Waals surface area contributed by atoms with Gasteiger partial charge in [0, 0.05) is 18.4 Å². The first-order chi connectivity index (χ1) is 11.2. The molecule has 0 aliphatic carbocycles. The fourth-order valence-corrected chi connectivity index (χ4v) is 2.93. The lowest BCUT2D eigenvalue weighted by atomic mass is 9.97. The molecule has 2 saturated heterocycles. The zero-order chi connectivity index (χ0) is 15.8. The Morgan fingerprint density at radius 1 is 1.04 bits per heavy atom. The molecule has 120 valence electrons. The maximum atomic E-state index is 10.3. The third-order valence-electron chi connectivity index (χ3n) is 4.37. The van der Waals surface area contributed by atoms with E-state index in [4.69, 9.17) is 14.2 Å². The number of methoxy groups -OCH3 is 1. The molecule has 2 aliphatic heterocycles. The maximum absolute atomic E-state index is 10.3. The van der Waals surface area contributed by atoms with Crippen LogP contribution in [0.15, 0.2) is 36.4 Å². The highest BCUT2D eigenvalue weighted by atomic mass is 16.6. The summed E-state index contributed by atoms with van der Waals surface area (Å²) in [7, 11) is 1.68. The van der Waals surface area contributed by atoms with Crippen molar-refractivity contribution in [3.63, 3.8) is 0 Å². The van der Waals surface area contributed by atoms with Crippen LogP contribution in [0.1, 0.15) is 11.1 Å². The lowest BCUT2D eigenvalue weighted by molar-refractivity contribution is 0.391. The minimum absolute atomic E-state index is 0.296.